The van der Waals surface area contributed by atoms with Crippen molar-refractivity contribution in [3.05, 3.63) is 29.3 Å². The number of ketones is 1. The predicted octanol–water partition coefficient (Wildman–Crippen LogP) is 3.27. The van der Waals surface area contributed by atoms with E-state index in [1.165, 1.54) is 0 Å². The molecule has 1 atom stereocenters. The molecule has 0 saturated carbocycles. The monoisotopic (exact) mass is 273 g/mol. The number of amides is 1. The smallest absolute Gasteiger partial charge is 0.237 e. The van der Waals surface area contributed by atoms with E-state index in [0.717, 1.165) is 23.2 Å². The minimum absolute atomic E-state index is 0.0278. The van der Waals surface area contributed by atoms with Crippen molar-refractivity contribution in [2.45, 2.75) is 40.5 Å². The van der Waals surface area contributed by atoms with Crippen LogP contribution in [0.4, 0.5) is 5.69 Å². The lowest BCUT2D eigenvalue weighted by molar-refractivity contribution is -0.135. The fraction of sp³-hybridized carbons (Fsp3) is 0.529. The van der Waals surface area contributed by atoms with Crippen LogP contribution in [-0.2, 0) is 9.59 Å². The summed E-state index contributed by atoms with van der Waals surface area (Å²) in [6.07, 6.45) is 1.58. The van der Waals surface area contributed by atoms with Crippen molar-refractivity contribution in [3.63, 3.8) is 0 Å². The van der Waals surface area contributed by atoms with Gasteiger partial charge in [-0.3, -0.25) is 9.59 Å². The minimum Gasteiger partial charge on any atom is -0.312 e. The van der Waals surface area contributed by atoms with Crippen molar-refractivity contribution >= 4 is 17.4 Å². The molecule has 1 aliphatic rings. The molecular formula is C17H23NO2. The van der Waals surface area contributed by atoms with E-state index in [1.807, 2.05) is 39.8 Å². The number of anilines is 1. The number of hydrogen-bond acceptors (Lipinski definition) is 2. The Morgan fingerprint density at radius 2 is 1.80 bits per heavy atom. The average Bonchev–Trinajstić information content (AvgIpc) is 2.36. The standard InChI is InChI=1S/C17H23NO2/c1-11(2)16(19)15-6-5-7-18(17(15)20)14-9-12(3)8-13(4)10-14/h8-11,15H,5-7H2,1-4H3. The molecule has 0 aromatic heterocycles. The van der Waals surface area contributed by atoms with E-state index in [0.29, 0.717) is 13.0 Å². The largest absolute Gasteiger partial charge is 0.312 e. The molecule has 1 aromatic carbocycles. The summed E-state index contributed by atoms with van der Waals surface area (Å²) in [5, 5.41) is 0. The first-order valence-corrected chi connectivity index (χ1v) is 7.33. The Hall–Kier alpha value is -1.64. The summed E-state index contributed by atoms with van der Waals surface area (Å²) < 4.78 is 0. The summed E-state index contributed by atoms with van der Waals surface area (Å²) in [5.74, 6) is -0.489. The molecule has 3 heteroatoms. The van der Waals surface area contributed by atoms with E-state index in [-0.39, 0.29) is 17.6 Å². The second-order valence-electron chi connectivity index (χ2n) is 6.09. The van der Waals surface area contributed by atoms with Gasteiger partial charge in [-0.25, -0.2) is 0 Å². The van der Waals surface area contributed by atoms with Gasteiger partial charge < -0.3 is 4.90 Å². The van der Waals surface area contributed by atoms with E-state index in [2.05, 4.69) is 6.07 Å². The van der Waals surface area contributed by atoms with Gasteiger partial charge in [0.25, 0.3) is 0 Å². The van der Waals surface area contributed by atoms with Crippen LogP contribution in [-0.4, -0.2) is 18.2 Å². The van der Waals surface area contributed by atoms with Crippen molar-refractivity contribution < 1.29 is 9.59 Å². The zero-order chi connectivity index (χ0) is 14.9. The Labute approximate surface area is 121 Å². The number of carbonyl (C=O) groups is 2. The summed E-state index contributed by atoms with van der Waals surface area (Å²) >= 11 is 0. The van der Waals surface area contributed by atoms with Crippen LogP contribution in [0.5, 0.6) is 0 Å². The molecule has 108 valence electrons. The van der Waals surface area contributed by atoms with Crippen LogP contribution in [0.2, 0.25) is 0 Å². The van der Waals surface area contributed by atoms with Crippen molar-refractivity contribution in [1.82, 2.24) is 0 Å². The molecule has 0 N–H and O–H groups in total. The number of Topliss-reactive ketones (excluding diaryl/α,β-unsaturated/α-hetero) is 1. The van der Waals surface area contributed by atoms with E-state index in [9.17, 15) is 9.59 Å². The molecule has 1 amide bonds. The molecule has 1 saturated heterocycles. The molecule has 0 spiro atoms. The normalized spacial score (nSPS) is 19.6. The van der Waals surface area contributed by atoms with Crippen LogP contribution in [0.15, 0.2) is 18.2 Å². The minimum atomic E-state index is -0.454. The zero-order valence-electron chi connectivity index (χ0n) is 12.8. The molecule has 2 rings (SSSR count). The van der Waals surface area contributed by atoms with E-state index < -0.39 is 5.92 Å². The first-order valence-electron chi connectivity index (χ1n) is 7.33. The Morgan fingerprint density at radius 1 is 1.20 bits per heavy atom. The van der Waals surface area contributed by atoms with Gasteiger partial charge >= 0.3 is 0 Å². The van der Waals surface area contributed by atoms with Crippen LogP contribution < -0.4 is 4.90 Å². The van der Waals surface area contributed by atoms with Crippen LogP contribution in [0, 0.1) is 25.7 Å². The van der Waals surface area contributed by atoms with Gasteiger partial charge in [-0.05, 0) is 49.9 Å². The molecule has 1 fully saturated rings. The lowest BCUT2D eigenvalue weighted by atomic mass is 9.87. The van der Waals surface area contributed by atoms with Gasteiger partial charge in [0.1, 0.15) is 5.78 Å². The van der Waals surface area contributed by atoms with Crippen LogP contribution in [0.3, 0.4) is 0 Å². The third-order valence-electron chi connectivity index (χ3n) is 3.87. The SMILES string of the molecule is Cc1cc(C)cc(N2CCCC(C(=O)C(C)C)C2=O)c1. The number of hydrogen-bond donors (Lipinski definition) is 0. The fourth-order valence-electron chi connectivity index (χ4n) is 2.90. The Bertz CT molecular complexity index is 514. The van der Waals surface area contributed by atoms with E-state index in [4.69, 9.17) is 0 Å². The zero-order valence-corrected chi connectivity index (χ0v) is 12.8. The maximum Gasteiger partial charge on any atom is 0.237 e. The highest BCUT2D eigenvalue weighted by Crippen LogP contribution is 2.28. The molecule has 3 nitrogen and oxygen atoms in total. The highest BCUT2D eigenvalue weighted by atomic mass is 16.2. The Morgan fingerprint density at radius 3 is 2.35 bits per heavy atom. The maximum absolute atomic E-state index is 12.6. The van der Waals surface area contributed by atoms with Gasteiger partial charge in [-0.15, -0.1) is 0 Å². The number of rotatable bonds is 3. The molecule has 1 aromatic rings. The van der Waals surface area contributed by atoms with Crippen LogP contribution in [0.1, 0.15) is 37.8 Å². The molecule has 20 heavy (non-hydrogen) atoms. The Balaban J connectivity index is 2.28. The van der Waals surface area contributed by atoms with Gasteiger partial charge in [-0.1, -0.05) is 19.9 Å². The molecule has 0 bridgehead atoms. The molecule has 1 aliphatic heterocycles. The number of benzene rings is 1. The number of nitrogens with zero attached hydrogens (tertiary/aromatic N) is 1. The number of aryl methyl sites for hydroxylation is 2. The van der Waals surface area contributed by atoms with E-state index in [1.54, 1.807) is 4.90 Å². The molecule has 1 heterocycles. The predicted molar refractivity (Wildman–Crippen MR) is 80.8 cm³/mol. The summed E-state index contributed by atoms with van der Waals surface area (Å²) in [5.41, 5.74) is 3.21. The van der Waals surface area contributed by atoms with Gasteiger partial charge in [-0.2, -0.15) is 0 Å². The van der Waals surface area contributed by atoms with Gasteiger partial charge in [0.2, 0.25) is 5.91 Å². The quantitative estimate of drug-likeness (QED) is 0.793. The number of piperidine rings is 1. The summed E-state index contributed by atoms with van der Waals surface area (Å²) in [6.45, 7) is 8.50. The van der Waals surface area contributed by atoms with Crippen LogP contribution >= 0.6 is 0 Å². The van der Waals surface area contributed by atoms with Gasteiger partial charge in [0.05, 0.1) is 5.92 Å². The second-order valence-corrected chi connectivity index (χ2v) is 6.09. The van der Waals surface area contributed by atoms with E-state index >= 15 is 0 Å². The fourth-order valence-corrected chi connectivity index (χ4v) is 2.90. The third kappa shape index (κ3) is 2.92. The lowest BCUT2D eigenvalue weighted by Crippen LogP contribution is -2.45. The lowest BCUT2D eigenvalue weighted by Gasteiger charge is -2.32. The van der Waals surface area contributed by atoms with Crippen molar-refractivity contribution in [3.8, 4) is 0 Å². The van der Waals surface area contributed by atoms with Gasteiger partial charge in [0, 0.05) is 18.2 Å². The molecule has 1 unspecified atom stereocenters. The topological polar surface area (TPSA) is 37.4 Å². The second kappa shape index (κ2) is 5.78. The Kier molecular flexibility index (Phi) is 4.26. The van der Waals surface area contributed by atoms with Gasteiger partial charge in [0.15, 0.2) is 0 Å². The first-order chi connectivity index (χ1) is 9.40. The molecule has 0 aliphatic carbocycles. The summed E-state index contributed by atoms with van der Waals surface area (Å²) in [4.78, 5) is 26.6. The highest BCUT2D eigenvalue weighted by molar-refractivity contribution is 6.09. The maximum atomic E-state index is 12.6. The summed E-state index contributed by atoms with van der Waals surface area (Å²) in [6, 6.07) is 6.13. The average molecular weight is 273 g/mol. The van der Waals surface area contributed by atoms with Crippen molar-refractivity contribution in [2.75, 3.05) is 11.4 Å². The first kappa shape index (κ1) is 14.8. The molecule has 0 radical (unpaired) electrons. The summed E-state index contributed by atoms with van der Waals surface area (Å²) in [7, 11) is 0. The van der Waals surface area contributed by atoms with Crippen LogP contribution in [0.25, 0.3) is 0 Å². The van der Waals surface area contributed by atoms with Crippen molar-refractivity contribution in [1.29, 1.82) is 0 Å². The van der Waals surface area contributed by atoms with Crippen molar-refractivity contribution in [2.24, 2.45) is 11.8 Å². The number of carbonyl (C=O) groups excluding carboxylic acids is 2. The molecular weight excluding hydrogens is 250 g/mol. The highest BCUT2D eigenvalue weighted by Gasteiger charge is 2.35. The third-order valence-corrected chi connectivity index (χ3v) is 3.87.